The topological polar surface area (TPSA) is 108 Å². The van der Waals surface area contributed by atoms with Gasteiger partial charge in [0, 0.05) is 24.3 Å². The highest BCUT2D eigenvalue weighted by atomic mass is 35.5. The molecule has 3 rings (SSSR count). The lowest BCUT2D eigenvalue weighted by Gasteiger charge is -2.03. The second-order valence-corrected chi connectivity index (χ2v) is 6.08. The summed E-state index contributed by atoms with van der Waals surface area (Å²) in [7, 11) is 1.54. The number of nitro groups is 1. The number of aromatic nitrogens is 4. The first-order valence-corrected chi connectivity index (χ1v) is 8.00. The molecule has 26 heavy (non-hydrogen) atoms. The zero-order valence-corrected chi connectivity index (χ0v) is 14.8. The van der Waals surface area contributed by atoms with Crippen molar-refractivity contribution < 1.29 is 9.72 Å². The molecule has 0 aliphatic rings. The maximum atomic E-state index is 12.4. The zero-order chi connectivity index (χ0) is 18.8. The summed E-state index contributed by atoms with van der Waals surface area (Å²) in [6, 6.07) is 8.95. The van der Waals surface area contributed by atoms with Crippen molar-refractivity contribution in [2.24, 2.45) is 7.05 Å². The summed E-state index contributed by atoms with van der Waals surface area (Å²) >= 11 is 5.96. The van der Waals surface area contributed by atoms with E-state index in [1.165, 1.54) is 11.6 Å². The molecule has 0 fully saturated rings. The van der Waals surface area contributed by atoms with E-state index < -0.39 is 10.8 Å². The number of nitrogens with zero attached hydrogens (tertiary/aromatic N) is 5. The smallest absolute Gasteiger partial charge is 0.303 e. The third-order valence-electron chi connectivity index (χ3n) is 3.82. The van der Waals surface area contributed by atoms with Crippen LogP contribution in [0.3, 0.4) is 0 Å². The second kappa shape index (κ2) is 6.96. The van der Waals surface area contributed by atoms with Gasteiger partial charge in [0.05, 0.1) is 11.5 Å². The third-order valence-corrected chi connectivity index (χ3v) is 4.05. The minimum absolute atomic E-state index is 0.251. The maximum absolute atomic E-state index is 12.4. The lowest BCUT2D eigenvalue weighted by molar-refractivity contribution is -0.385. The molecule has 9 nitrogen and oxygen atoms in total. The van der Waals surface area contributed by atoms with Gasteiger partial charge in [0.15, 0.2) is 5.82 Å². The Balaban J connectivity index is 1.76. The van der Waals surface area contributed by atoms with Crippen LogP contribution < -0.4 is 5.32 Å². The summed E-state index contributed by atoms with van der Waals surface area (Å²) in [5, 5.41) is 22.5. The number of carbonyl (C=O) groups excluding carboxylic acids is 1. The predicted molar refractivity (Wildman–Crippen MR) is 95.3 cm³/mol. The molecular weight excluding hydrogens is 360 g/mol. The van der Waals surface area contributed by atoms with Crippen molar-refractivity contribution in [3.8, 4) is 0 Å². The largest absolute Gasteiger partial charge is 0.322 e. The minimum Gasteiger partial charge on any atom is -0.303 e. The van der Waals surface area contributed by atoms with Crippen molar-refractivity contribution in [3.05, 3.63) is 68.6 Å². The van der Waals surface area contributed by atoms with E-state index in [0.29, 0.717) is 17.3 Å². The van der Waals surface area contributed by atoms with Crippen LogP contribution in [0.2, 0.25) is 5.02 Å². The number of hydrogen-bond acceptors (Lipinski definition) is 5. The molecule has 0 radical (unpaired) electrons. The highest BCUT2D eigenvalue weighted by Gasteiger charge is 2.29. The van der Waals surface area contributed by atoms with E-state index in [2.05, 4.69) is 15.5 Å². The summed E-state index contributed by atoms with van der Waals surface area (Å²) in [5.74, 6) is -0.414. The van der Waals surface area contributed by atoms with Gasteiger partial charge in [0.25, 0.3) is 5.91 Å². The van der Waals surface area contributed by atoms with Gasteiger partial charge >= 0.3 is 5.69 Å². The molecule has 3 aromatic rings. The first-order valence-electron chi connectivity index (χ1n) is 7.62. The van der Waals surface area contributed by atoms with Gasteiger partial charge in [0.1, 0.15) is 5.69 Å². The van der Waals surface area contributed by atoms with Crippen molar-refractivity contribution in [1.82, 2.24) is 19.6 Å². The Morgan fingerprint density at radius 2 is 2.12 bits per heavy atom. The van der Waals surface area contributed by atoms with Crippen molar-refractivity contribution in [3.63, 3.8) is 0 Å². The SMILES string of the molecule is Cc1c([N+](=O)[O-])c(C(=O)Nc2ccn(Cc3cccc(Cl)c3)n2)nn1C. The van der Waals surface area contributed by atoms with E-state index in [4.69, 9.17) is 11.6 Å². The number of carbonyl (C=O) groups is 1. The molecule has 0 aliphatic heterocycles. The number of aryl methyl sites for hydroxylation is 1. The van der Waals surface area contributed by atoms with E-state index in [9.17, 15) is 14.9 Å². The summed E-state index contributed by atoms with van der Waals surface area (Å²) in [5.41, 5.74) is 0.684. The van der Waals surface area contributed by atoms with E-state index in [1.54, 1.807) is 30.1 Å². The van der Waals surface area contributed by atoms with Crippen LogP contribution in [0.1, 0.15) is 21.7 Å². The van der Waals surface area contributed by atoms with Crippen molar-refractivity contribution in [2.45, 2.75) is 13.5 Å². The summed E-state index contributed by atoms with van der Waals surface area (Å²) < 4.78 is 2.92. The molecule has 0 bridgehead atoms. The van der Waals surface area contributed by atoms with Crippen LogP contribution in [0.5, 0.6) is 0 Å². The van der Waals surface area contributed by atoms with Gasteiger partial charge in [-0.15, -0.1) is 0 Å². The summed E-state index contributed by atoms with van der Waals surface area (Å²) in [6.45, 7) is 2.00. The fourth-order valence-corrected chi connectivity index (χ4v) is 2.70. The molecule has 134 valence electrons. The summed E-state index contributed by atoms with van der Waals surface area (Å²) in [4.78, 5) is 22.9. The van der Waals surface area contributed by atoms with Gasteiger partial charge in [-0.05, 0) is 24.6 Å². The van der Waals surface area contributed by atoms with Crippen molar-refractivity contribution >= 4 is 29.0 Å². The van der Waals surface area contributed by atoms with Crippen molar-refractivity contribution in [2.75, 3.05) is 5.32 Å². The highest BCUT2D eigenvalue weighted by molar-refractivity contribution is 6.30. The Hall–Kier alpha value is -3.20. The molecule has 2 aromatic heterocycles. The number of anilines is 1. The molecule has 1 amide bonds. The average Bonchev–Trinajstić information content (AvgIpc) is 3.12. The fourth-order valence-electron chi connectivity index (χ4n) is 2.48. The number of hydrogen-bond donors (Lipinski definition) is 1. The monoisotopic (exact) mass is 374 g/mol. The highest BCUT2D eigenvalue weighted by Crippen LogP contribution is 2.23. The van der Waals surface area contributed by atoms with Gasteiger partial charge in [-0.1, -0.05) is 23.7 Å². The molecule has 10 heteroatoms. The van der Waals surface area contributed by atoms with E-state index >= 15 is 0 Å². The van der Waals surface area contributed by atoms with Gasteiger partial charge in [-0.25, -0.2) is 0 Å². The molecule has 0 aliphatic carbocycles. The maximum Gasteiger partial charge on any atom is 0.322 e. The van der Waals surface area contributed by atoms with Crippen LogP contribution in [-0.2, 0) is 13.6 Å². The quantitative estimate of drug-likeness (QED) is 0.545. The number of nitrogens with one attached hydrogen (secondary N) is 1. The van der Waals surface area contributed by atoms with E-state index in [1.807, 2.05) is 18.2 Å². The first kappa shape index (κ1) is 17.6. The van der Waals surface area contributed by atoms with Gasteiger partial charge in [-0.3, -0.25) is 24.3 Å². The molecule has 2 heterocycles. The fraction of sp³-hybridized carbons (Fsp3) is 0.188. The molecule has 0 spiro atoms. The van der Waals surface area contributed by atoms with Crippen LogP contribution in [0, 0.1) is 17.0 Å². The predicted octanol–water partition coefficient (Wildman–Crippen LogP) is 2.79. The van der Waals surface area contributed by atoms with Gasteiger partial charge in [-0.2, -0.15) is 10.2 Å². The molecular formula is C16H15ClN6O3. The molecule has 1 aromatic carbocycles. The lowest BCUT2D eigenvalue weighted by Crippen LogP contribution is -2.15. The van der Waals surface area contributed by atoms with Crippen LogP contribution in [0.4, 0.5) is 11.5 Å². The first-order chi connectivity index (χ1) is 12.3. The zero-order valence-electron chi connectivity index (χ0n) is 14.0. The number of benzene rings is 1. The standard InChI is InChI=1S/C16H15ClN6O3/c1-10-15(23(25)26)14(20-21(10)2)16(24)18-13-6-7-22(19-13)9-11-4-3-5-12(17)8-11/h3-8H,9H2,1-2H3,(H,18,19,24). The Morgan fingerprint density at radius 1 is 1.35 bits per heavy atom. The Labute approximate surface area is 153 Å². The van der Waals surface area contributed by atoms with Crippen LogP contribution in [0.25, 0.3) is 0 Å². The van der Waals surface area contributed by atoms with Crippen LogP contribution >= 0.6 is 11.6 Å². The normalized spacial score (nSPS) is 10.7. The molecule has 0 saturated carbocycles. The number of amides is 1. The Morgan fingerprint density at radius 3 is 2.81 bits per heavy atom. The summed E-state index contributed by atoms with van der Waals surface area (Å²) in [6.07, 6.45) is 1.69. The average molecular weight is 375 g/mol. The van der Waals surface area contributed by atoms with Gasteiger partial charge < -0.3 is 5.32 Å². The minimum atomic E-state index is -0.687. The molecule has 1 N–H and O–H groups in total. The van der Waals surface area contributed by atoms with Gasteiger partial charge in [0.2, 0.25) is 5.69 Å². The second-order valence-electron chi connectivity index (χ2n) is 5.65. The lowest BCUT2D eigenvalue weighted by atomic mass is 10.2. The Kier molecular flexibility index (Phi) is 4.72. The third kappa shape index (κ3) is 3.57. The number of halogens is 1. The van der Waals surface area contributed by atoms with Crippen LogP contribution in [0.15, 0.2) is 36.5 Å². The number of rotatable bonds is 5. The van der Waals surface area contributed by atoms with E-state index in [-0.39, 0.29) is 17.2 Å². The van der Waals surface area contributed by atoms with Crippen molar-refractivity contribution in [1.29, 1.82) is 0 Å². The molecule has 0 atom stereocenters. The Bertz CT molecular complexity index is 994. The molecule has 0 unspecified atom stereocenters. The van der Waals surface area contributed by atoms with E-state index in [0.717, 1.165) is 5.56 Å². The molecule has 0 saturated heterocycles. The van der Waals surface area contributed by atoms with Crippen LogP contribution in [-0.4, -0.2) is 30.4 Å².